The molecule has 1 aliphatic rings. The van der Waals surface area contributed by atoms with Crippen molar-refractivity contribution in [2.75, 3.05) is 13.6 Å². The van der Waals surface area contributed by atoms with Gasteiger partial charge in [0.2, 0.25) is 5.91 Å². The molecule has 3 nitrogen and oxygen atoms in total. The maximum Gasteiger partial charge on any atom is 0.228 e. The number of hydrogen-bond donors (Lipinski definition) is 0. The van der Waals surface area contributed by atoms with Crippen LogP contribution in [0, 0.1) is 0 Å². The van der Waals surface area contributed by atoms with E-state index in [9.17, 15) is 4.79 Å². The molecule has 0 radical (unpaired) electrons. The number of nitrogens with zero attached hydrogens (tertiary/aromatic N) is 2. The summed E-state index contributed by atoms with van der Waals surface area (Å²) in [6.45, 7) is 0.786. The van der Waals surface area contributed by atoms with Crippen LogP contribution in [0.25, 0.3) is 0 Å². The molecule has 1 amide bonds. The first-order valence-electron chi connectivity index (χ1n) is 3.18. The molecule has 10 heavy (non-hydrogen) atoms. The van der Waals surface area contributed by atoms with Crippen LogP contribution in [-0.4, -0.2) is 28.2 Å². The van der Waals surface area contributed by atoms with E-state index in [1.54, 1.807) is 11.9 Å². The van der Waals surface area contributed by atoms with Gasteiger partial charge in [0, 0.05) is 20.0 Å². The highest BCUT2D eigenvalue weighted by Gasteiger charge is 2.14. The number of aliphatic imine (C=N–C) groups is 1. The summed E-state index contributed by atoms with van der Waals surface area (Å²) in [6.07, 6.45) is 1.52. The van der Waals surface area contributed by atoms with Crippen LogP contribution in [-0.2, 0) is 4.79 Å². The molecule has 1 rings (SSSR count). The average Bonchev–Trinajstić information content (AvgIpc) is 2.04. The lowest BCUT2D eigenvalue weighted by molar-refractivity contribution is -0.126. The van der Waals surface area contributed by atoms with Crippen molar-refractivity contribution in [3.8, 4) is 0 Å². The van der Waals surface area contributed by atoms with Gasteiger partial charge in [-0.3, -0.25) is 14.7 Å². The topological polar surface area (TPSA) is 32.7 Å². The molecule has 0 aromatic heterocycles. The molecule has 0 saturated carbocycles. The highest BCUT2D eigenvalue weighted by atomic mass is 127. The zero-order chi connectivity index (χ0) is 7.56. The lowest BCUT2D eigenvalue weighted by Gasteiger charge is -2.11. The summed E-state index contributed by atoms with van der Waals surface area (Å²) < 4.78 is 0.806. The van der Waals surface area contributed by atoms with Crippen LogP contribution in [0.5, 0.6) is 0 Å². The molecule has 0 unspecified atom stereocenters. The van der Waals surface area contributed by atoms with Gasteiger partial charge in [-0.1, -0.05) is 0 Å². The lowest BCUT2D eigenvalue weighted by atomic mass is 10.3. The molecular formula is C6H9IN2O. The molecular weight excluding hydrogens is 243 g/mol. The van der Waals surface area contributed by atoms with Gasteiger partial charge >= 0.3 is 0 Å². The standard InChI is InChI=1S/C6H9IN2O/c1-9-5(10)3-2-4-8-6(9)7/h2-4H2,1H3. The fraction of sp³-hybridized carbons (Fsp3) is 0.667. The fourth-order valence-corrected chi connectivity index (χ4v) is 1.29. The summed E-state index contributed by atoms with van der Waals surface area (Å²) in [5, 5.41) is 0. The Labute approximate surface area is 73.6 Å². The molecule has 0 bridgehead atoms. The van der Waals surface area contributed by atoms with E-state index in [-0.39, 0.29) is 5.91 Å². The number of rotatable bonds is 0. The Kier molecular flexibility index (Phi) is 2.64. The molecule has 0 aliphatic carbocycles. The fourth-order valence-electron chi connectivity index (χ4n) is 0.778. The van der Waals surface area contributed by atoms with Crippen LogP contribution >= 0.6 is 22.6 Å². The molecule has 0 atom stereocenters. The third-order valence-electron chi connectivity index (χ3n) is 1.44. The van der Waals surface area contributed by atoms with Gasteiger partial charge in [-0.05, 0) is 29.0 Å². The first-order chi connectivity index (χ1) is 4.72. The molecule has 0 spiro atoms. The Morgan fingerprint density at radius 3 is 3.10 bits per heavy atom. The van der Waals surface area contributed by atoms with Gasteiger partial charge in [-0.2, -0.15) is 0 Å². The van der Waals surface area contributed by atoms with Gasteiger partial charge in [0.25, 0.3) is 0 Å². The summed E-state index contributed by atoms with van der Waals surface area (Å²) in [4.78, 5) is 16.8. The van der Waals surface area contributed by atoms with E-state index in [0.717, 1.165) is 16.8 Å². The van der Waals surface area contributed by atoms with Crippen molar-refractivity contribution >= 4 is 32.3 Å². The van der Waals surface area contributed by atoms with Gasteiger partial charge < -0.3 is 0 Å². The van der Waals surface area contributed by atoms with E-state index >= 15 is 0 Å². The predicted octanol–water partition coefficient (Wildman–Crippen LogP) is 1.03. The Hall–Kier alpha value is -0.130. The molecule has 0 N–H and O–H groups in total. The van der Waals surface area contributed by atoms with Gasteiger partial charge in [0.05, 0.1) is 0 Å². The third kappa shape index (κ3) is 1.68. The predicted molar refractivity (Wildman–Crippen MR) is 48.3 cm³/mol. The van der Waals surface area contributed by atoms with Gasteiger partial charge in [0.15, 0.2) is 3.84 Å². The summed E-state index contributed by atoms with van der Waals surface area (Å²) in [5.41, 5.74) is 0. The second-order valence-corrected chi connectivity index (χ2v) is 3.17. The van der Waals surface area contributed by atoms with E-state index in [1.807, 2.05) is 0 Å². The van der Waals surface area contributed by atoms with Crippen molar-refractivity contribution in [3.05, 3.63) is 0 Å². The smallest absolute Gasteiger partial charge is 0.228 e. The third-order valence-corrected chi connectivity index (χ3v) is 2.51. The summed E-state index contributed by atoms with van der Waals surface area (Å²) in [6, 6.07) is 0. The van der Waals surface area contributed by atoms with Crippen LogP contribution in [0.4, 0.5) is 0 Å². The lowest BCUT2D eigenvalue weighted by Crippen LogP contribution is -2.27. The Morgan fingerprint density at radius 2 is 2.40 bits per heavy atom. The highest BCUT2D eigenvalue weighted by Crippen LogP contribution is 2.07. The maximum atomic E-state index is 11.1. The Morgan fingerprint density at radius 1 is 1.70 bits per heavy atom. The minimum atomic E-state index is 0.172. The minimum absolute atomic E-state index is 0.172. The summed E-state index contributed by atoms with van der Waals surface area (Å²) in [7, 11) is 1.76. The van der Waals surface area contributed by atoms with E-state index in [2.05, 4.69) is 27.6 Å². The van der Waals surface area contributed by atoms with Crippen molar-refractivity contribution in [3.63, 3.8) is 0 Å². The molecule has 0 aromatic rings. The normalized spacial score (nSPS) is 20.4. The van der Waals surface area contributed by atoms with Crippen molar-refractivity contribution in [2.45, 2.75) is 12.8 Å². The highest BCUT2D eigenvalue weighted by molar-refractivity contribution is 14.1. The number of hydrogen-bond acceptors (Lipinski definition) is 2. The van der Waals surface area contributed by atoms with Gasteiger partial charge in [0.1, 0.15) is 0 Å². The van der Waals surface area contributed by atoms with Crippen LogP contribution in [0.2, 0.25) is 0 Å². The van der Waals surface area contributed by atoms with Crippen molar-refractivity contribution < 1.29 is 4.79 Å². The van der Waals surface area contributed by atoms with Crippen LogP contribution < -0.4 is 0 Å². The van der Waals surface area contributed by atoms with E-state index in [1.165, 1.54) is 0 Å². The van der Waals surface area contributed by atoms with Crippen molar-refractivity contribution in [2.24, 2.45) is 4.99 Å². The number of carbonyl (C=O) groups is 1. The molecule has 0 saturated heterocycles. The quantitative estimate of drug-likeness (QED) is 0.468. The molecule has 0 fully saturated rings. The maximum absolute atomic E-state index is 11.1. The Balaban J connectivity index is 2.71. The minimum Gasteiger partial charge on any atom is -0.295 e. The van der Waals surface area contributed by atoms with E-state index < -0.39 is 0 Å². The van der Waals surface area contributed by atoms with E-state index in [0.29, 0.717) is 6.42 Å². The van der Waals surface area contributed by atoms with Crippen molar-refractivity contribution in [1.82, 2.24) is 4.90 Å². The summed E-state index contributed by atoms with van der Waals surface area (Å²) in [5.74, 6) is 0.172. The second kappa shape index (κ2) is 3.32. The van der Waals surface area contributed by atoms with Crippen molar-refractivity contribution in [1.29, 1.82) is 0 Å². The van der Waals surface area contributed by atoms with Gasteiger partial charge in [-0.15, -0.1) is 0 Å². The first-order valence-corrected chi connectivity index (χ1v) is 4.26. The average molecular weight is 252 g/mol. The molecule has 1 heterocycles. The zero-order valence-corrected chi connectivity index (χ0v) is 7.96. The second-order valence-electron chi connectivity index (χ2n) is 2.21. The molecule has 4 heteroatoms. The van der Waals surface area contributed by atoms with E-state index in [4.69, 9.17) is 0 Å². The molecule has 0 aromatic carbocycles. The number of halogens is 1. The zero-order valence-electron chi connectivity index (χ0n) is 5.80. The first kappa shape index (κ1) is 7.97. The van der Waals surface area contributed by atoms with Crippen LogP contribution in [0.1, 0.15) is 12.8 Å². The Bertz CT molecular complexity index is 179. The van der Waals surface area contributed by atoms with Gasteiger partial charge in [-0.25, -0.2) is 0 Å². The van der Waals surface area contributed by atoms with Crippen LogP contribution in [0.3, 0.4) is 0 Å². The number of amidine groups is 1. The summed E-state index contributed by atoms with van der Waals surface area (Å²) >= 11 is 2.08. The number of carbonyl (C=O) groups excluding carboxylic acids is 1. The number of amides is 1. The molecule has 56 valence electrons. The largest absolute Gasteiger partial charge is 0.295 e. The molecule has 1 aliphatic heterocycles. The monoisotopic (exact) mass is 252 g/mol. The SMILES string of the molecule is CN1C(=O)CCCN=C1I. The van der Waals surface area contributed by atoms with Crippen LogP contribution in [0.15, 0.2) is 4.99 Å².